The van der Waals surface area contributed by atoms with E-state index in [1.807, 2.05) is 30.3 Å². The fraction of sp³-hybridized carbons (Fsp3) is 0.429. The summed E-state index contributed by atoms with van der Waals surface area (Å²) in [5, 5.41) is 20.4. The number of carbonyl (C=O) groups excluding carboxylic acids is 1. The van der Waals surface area contributed by atoms with Crippen LogP contribution < -0.4 is 5.32 Å². The highest BCUT2D eigenvalue weighted by Crippen LogP contribution is 2.19. The Balaban J connectivity index is 2.37. The lowest BCUT2D eigenvalue weighted by Gasteiger charge is -2.25. The summed E-state index contributed by atoms with van der Waals surface area (Å²) in [4.78, 5) is 22.2. The number of aliphatic hydroxyl groups excluding tert-OH is 1. The van der Waals surface area contributed by atoms with Crippen molar-refractivity contribution < 1.29 is 24.5 Å². The van der Waals surface area contributed by atoms with E-state index in [0.29, 0.717) is 0 Å². The molecule has 1 atom stereocenters. The van der Waals surface area contributed by atoms with Crippen LogP contribution in [0.15, 0.2) is 30.3 Å². The number of carboxylic acids is 1. The van der Waals surface area contributed by atoms with Gasteiger partial charge in [0.2, 0.25) is 0 Å². The van der Waals surface area contributed by atoms with Crippen LogP contribution in [-0.4, -0.2) is 35.4 Å². The first kappa shape index (κ1) is 16.0. The number of nitrogens with one attached hydrogen (secondary N) is 1. The summed E-state index contributed by atoms with van der Waals surface area (Å²) in [6, 6.07) is 9.20. The Bertz CT molecular complexity index is 448. The molecule has 1 unspecified atom stereocenters. The molecule has 6 heteroatoms. The molecule has 0 saturated carbocycles. The van der Waals surface area contributed by atoms with Crippen LogP contribution >= 0.6 is 0 Å². The number of hydrogen-bond acceptors (Lipinski definition) is 4. The van der Waals surface area contributed by atoms with Gasteiger partial charge in [0.1, 0.15) is 6.61 Å². The third-order valence-electron chi connectivity index (χ3n) is 2.83. The van der Waals surface area contributed by atoms with Gasteiger partial charge in [0.15, 0.2) is 0 Å². The number of ether oxygens (including phenoxy) is 1. The molecule has 0 aliphatic heterocycles. The van der Waals surface area contributed by atoms with Crippen LogP contribution in [-0.2, 0) is 16.1 Å². The molecule has 0 aliphatic carbocycles. The van der Waals surface area contributed by atoms with E-state index in [0.717, 1.165) is 5.56 Å². The Hall–Kier alpha value is -2.08. The Kier molecular flexibility index (Phi) is 5.99. The molecule has 0 fully saturated rings. The van der Waals surface area contributed by atoms with E-state index in [9.17, 15) is 14.7 Å². The number of aliphatic carboxylic acids is 1. The maximum Gasteiger partial charge on any atom is 0.407 e. The molecule has 1 amide bonds. The molecule has 1 aromatic rings. The molecule has 0 aliphatic rings. The second-order valence-corrected chi connectivity index (χ2v) is 4.95. The molecule has 0 spiro atoms. The summed E-state index contributed by atoms with van der Waals surface area (Å²) in [5.41, 5.74) is -0.0458. The Morgan fingerprint density at radius 2 is 1.95 bits per heavy atom. The number of benzene rings is 1. The van der Waals surface area contributed by atoms with Gasteiger partial charge in [-0.3, -0.25) is 4.79 Å². The van der Waals surface area contributed by atoms with Crippen LogP contribution in [0.3, 0.4) is 0 Å². The van der Waals surface area contributed by atoms with Gasteiger partial charge in [0.25, 0.3) is 0 Å². The van der Waals surface area contributed by atoms with E-state index in [1.165, 1.54) is 0 Å². The molecule has 20 heavy (non-hydrogen) atoms. The normalized spacial score (nSPS) is 13.3. The molecular formula is C14H19NO5. The highest BCUT2D eigenvalue weighted by molar-refractivity contribution is 5.69. The van der Waals surface area contributed by atoms with Crippen molar-refractivity contribution >= 4 is 12.1 Å². The van der Waals surface area contributed by atoms with Crippen LogP contribution in [0.4, 0.5) is 4.79 Å². The highest BCUT2D eigenvalue weighted by Gasteiger charge is 2.27. The van der Waals surface area contributed by atoms with Gasteiger partial charge in [0.05, 0.1) is 13.0 Å². The second kappa shape index (κ2) is 7.49. The summed E-state index contributed by atoms with van der Waals surface area (Å²) < 4.78 is 4.99. The topological polar surface area (TPSA) is 95.9 Å². The fourth-order valence-corrected chi connectivity index (χ4v) is 1.60. The molecule has 0 radical (unpaired) electrons. The maximum atomic E-state index is 11.5. The highest BCUT2D eigenvalue weighted by atomic mass is 16.5. The van der Waals surface area contributed by atoms with Gasteiger partial charge in [-0.05, 0) is 5.56 Å². The number of amides is 1. The molecule has 0 heterocycles. The Labute approximate surface area is 117 Å². The van der Waals surface area contributed by atoms with Crippen LogP contribution in [0.2, 0.25) is 0 Å². The van der Waals surface area contributed by atoms with Crippen molar-refractivity contribution in [3.05, 3.63) is 35.9 Å². The first-order valence-electron chi connectivity index (χ1n) is 6.22. The van der Waals surface area contributed by atoms with Gasteiger partial charge in [0, 0.05) is 12.0 Å². The van der Waals surface area contributed by atoms with Crippen LogP contribution in [0.1, 0.15) is 18.9 Å². The number of alkyl carbamates (subject to hydrolysis) is 1. The van der Waals surface area contributed by atoms with E-state index in [2.05, 4.69) is 5.32 Å². The Morgan fingerprint density at radius 1 is 1.30 bits per heavy atom. The Morgan fingerprint density at radius 3 is 2.50 bits per heavy atom. The van der Waals surface area contributed by atoms with Crippen molar-refractivity contribution in [2.45, 2.75) is 20.0 Å². The second-order valence-electron chi connectivity index (χ2n) is 4.95. The van der Waals surface area contributed by atoms with Crippen molar-refractivity contribution in [3.8, 4) is 0 Å². The quantitative estimate of drug-likeness (QED) is 0.702. The fourth-order valence-electron chi connectivity index (χ4n) is 1.60. The van der Waals surface area contributed by atoms with Gasteiger partial charge in [-0.25, -0.2) is 4.79 Å². The third-order valence-corrected chi connectivity index (χ3v) is 2.83. The largest absolute Gasteiger partial charge is 0.481 e. The van der Waals surface area contributed by atoms with Crippen molar-refractivity contribution in [1.29, 1.82) is 0 Å². The summed E-state index contributed by atoms with van der Waals surface area (Å²) in [6.07, 6.45) is -0.874. The van der Waals surface area contributed by atoms with Crippen molar-refractivity contribution in [2.75, 3.05) is 13.2 Å². The predicted octanol–water partition coefficient (Wildman–Crippen LogP) is 1.39. The monoisotopic (exact) mass is 281 g/mol. The molecular weight excluding hydrogens is 262 g/mol. The lowest BCUT2D eigenvalue weighted by molar-refractivity contribution is -0.140. The summed E-state index contributed by atoms with van der Waals surface area (Å²) in [5.74, 6) is -1.03. The number of aliphatic hydroxyl groups is 1. The van der Waals surface area contributed by atoms with E-state index in [1.54, 1.807) is 6.92 Å². The molecule has 1 aromatic carbocycles. The minimum atomic E-state index is -1.03. The van der Waals surface area contributed by atoms with Gasteiger partial charge >= 0.3 is 12.1 Å². The number of carbonyl (C=O) groups is 2. The van der Waals surface area contributed by atoms with Crippen molar-refractivity contribution in [3.63, 3.8) is 0 Å². The van der Waals surface area contributed by atoms with E-state index in [-0.39, 0.29) is 26.2 Å². The van der Waals surface area contributed by atoms with Gasteiger partial charge in [-0.1, -0.05) is 37.3 Å². The lowest BCUT2D eigenvalue weighted by atomic mass is 9.88. The molecule has 0 saturated heterocycles. The van der Waals surface area contributed by atoms with E-state index in [4.69, 9.17) is 9.84 Å². The van der Waals surface area contributed by atoms with Gasteiger partial charge in [-0.2, -0.15) is 0 Å². The first-order chi connectivity index (χ1) is 9.45. The zero-order valence-corrected chi connectivity index (χ0v) is 11.3. The molecule has 0 aromatic heterocycles. The van der Waals surface area contributed by atoms with Crippen molar-refractivity contribution in [2.24, 2.45) is 5.41 Å². The molecule has 3 N–H and O–H groups in total. The number of rotatable bonds is 7. The SMILES string of the molecule is CC(CO)(CNC(=O)OCc1ccccc1)CC(=O)O. The van der Waals surface area contributed by atoms with Gasteiger partial charge < -0.3 is 20.3 Å². The lowest BCUT2D eigenvalue weighted by Crippen LogP contribution is -2.39. The smallest absolute Gasteiger partial charge is 0.407 e. The summed E-state index contributed by atoms with van der Waals surface area (Å²) in [7, 11) is 0. The predicted molar refractivity (Wildman–Crippen MR) is 72.1 cm³/mol. The molecule has 0 bridgehead atoms. The number of carboxylic acid groups (broad SMARTS) is 1. The minimum absolute atomic E-state index is 0.0312. The van der Waals surface area contributed by atoms with E-state index < -0.39 is 17.5 Å². The van der Waals surface area contributed by atoms with Crippen LogP contribution in [0, 0.1) is 5.41 Å². The first-order valence-corrected chi connectivity index (χ1v) is 6.22. The maximum absolute atomic E-state index is 11.5. The van der Waals surface area contributed by atoms with Crippen LogP contribution in [0.5, 0.6) is 0 Å². The molecule has 1 rings (SSSR count). The third kappa shape index (κ3) is 5.71. The van der Waals surface area contributed by atoms with Crippen LogP contribution in [0.25, 0.3) is 0 Å². The van der Waals surface area contributed by atoms with Gasteiger partial charge in [-0.15, -0.1) is 0 Å². The average Bonchev–Trinajstić information content (AvgIpc) is 2.43. The molecule has 6 nitrogen and oxygen atoms in total. The summed E-state index contributed by atoms with van der Waals surface area (Å²) >= 11 is 0. The van der Waals surface area contributed by atoms with Crippen molar-refractivity contribution in [1.82, 2.24) is 5.32 Å². The zero-order valence-electron chi connectivity index (χ0n) is 11.3. The zero-order chi connectivity index (χ0) is 15.0. The minimum Gasteiger partial charge on any atom is -0.481 e. The summed E-state index contributed by atoms with van der Waals surface area (Å²) in [6.45, 7) is 1.42. The number of hydrogen-bond donors (Lipinski definition) is 3. The molecule has 110 valence electrons. The standard InChI is InChI=1S/C14H19NO5/c1-14(10-16,7-12(17)18)9-15-13(19)20-8-11-5-3-2-4-6-11/h2-6,16H,7-10H2,1H3,(H,15,19)(H,17,18). The average molecular weight is 281 g/mol. The van der Waals surface area contributed by atoms with E-state index >= 15 is 0 Å².